The van der Waals surface area contributed by atoms with Gasteiger partial charge in [-0.25, -0.2) is 4.98 Å². The second kappa shape index (κ2) is 13.3. The number of hydrogen-bond acceptors (Lipinski definition) is 6. The molecule has 38 heavy (non-hydrogen) atoms. The molecule has 1 heterocycles. The standard InChI is InChI=1S/C27H25ClF3N3O3S/c1-3-4-5-10-37-23-9-6-17(12-24(23)36-2)11-19(15-32)25(35)34-26-33-16-21(38-26)14-18-13-20(27(29,30)31)7-8-22(18)28/h6-9,11-13,16H,3-5,10,14H2,1-2H3,(H,33,34,35)/b19-11+. The van der Waals surface area contributed by atoms with E-state index in [4.69, 9.17) is 21.1 Å². The minimum Gasteiger partial charge on any atom is -0.493 e. The fourth-order valence-corrected chi connectivity index (χ4v) is 4.44. The highest BCUT2D eigenvalue weighted by Crippen LogP contribution is 2.33. The zero-order valence-corrected chi connectivity index (χ0v) is 22.3. The van der Waals surface area contributed by atoms with E-state index in [-0.39, 0.29) is 27.7 Å². The van der Waals surface area contributed by atoms with Crippen LogP contribution >= 0.6 is 22.9 Å². The maximum atomic E-state index is 13.0. The molecular formula is C27H25ClF3N3O3S. The molecule has 3 rings (SSSR count). The number of benzene rings is 2. The molecule has 11 heteroatoms. The number of carbonyl (C=O) groups is 1. The molecule has 200 valence electrons. The van der Waals surface area contributed by atoms with Gasteiger partial charge in [0.25, 0.3) is 5.91 Å². The maximum Gasteiger partial charge on any atom is 0.416 e. The third-order valence-corrected chi connectivity index (χ3v) is 6.66. The van der Waals surface area contributed by atoms with E-state index in [1.54, 1.807) is 18.2 Å². The highest BCUT2D eigenvalue weighted by molar-refractivity contribution is 7.15. The van der Waals surface area contributed by atoms with Crippen molar-refractivity contribution in [3.63, 3.8) is 0 Å². The van der Waals surface area contributed by atoms with Crippen LogP contribution in [0.15, 0.2) is 48.2 Å². The highest BCUT2D eigenvalue weighted by Gasteiger charge is 2.31. The van der Waals surface area contributed by atoms with Crippen molar-refractivity contribution >= 4 is 40.1 Å². The zero-order chi connectivity index (χ0) is 27.7. The van der Waals surface area contributed by atoms with Gasteiger partial charge in [0.2, 0.25) is 0 Å². The van der Waals surface area contributed by atoms with E-state index < -0.39 is 17.6 Å². The SMILES string of the molecule is CCCCCOc1ccc(/C=C(\C#N)C(=O)Nc2ncc(Cc3cc(C(F)(F)F)ccc3Cl)s2)cc1OC. The topological polar surface area (TPSA) is 84.2 Å². The number of nitrogens with zero attached hydrogens (tertiary/aromatic N) is 2. The normalized spacial score (nSPS) is 11.7. The number of nitriles is 1. The number of nitrogens with one attached hydrogen (secondary N) is 1. The van der Waals surface area contributed by atoms with E-state index in [0.29, 0.717) is 28.5 Å². The lowest BCUT2D eigenvalue weighted by Crippen LogP contribution is -2.13. The summed E-state index contributed by atoms with van der Waals surface area (Å²) < 4.78 is 50.3. The lowest BCUT2D eigenvalue weighted by Gasteiger charge is -2.11. The summed E-state index contributed by atoms with van der Waals surface area (Å²) in [5.74, 6) is 0.370. The fourth-order valence-electron chi connectivity index (χ4n) is 3.43. The number of amides is 1. The zero-order valence-electron chi connectivity index (χ0n) is 20.7. The molecule has 1 N–H and O–H groups in total. The average molecular weight is 564 g/mol. The molecule has 0 aliphatic rings. The van der Waals surface area contributed by atoms with Crippen LogP contribution in [0.5, 0.6) is 11.5 Å². The number of ether oxygens (including phenoxy) is 2. The number of anilines is 1. The van der Waals surface area contributed by atoms with Crippen molar-refractivity contribution in [1.82, 2.24) is 4.98 Å². The number of rotatable bonds is 11. The van der Waals surface area contributed by atoms with Crippen molar-refractivity contribution in [2.75, 3.05) is 19.0 Å². The molecular weight excluding hydrogens is 539 g/mol. The molecule has 0 bridgehead atoms. The lowest BCUT2D eigenvalue weighted by atomic mass is 10.1. The Labute approximate surface area is 227 Å². The van der Waals surface area contributed by atoms with Crippen LogP contribution in [0.25, 0.3) is 6.08 Å². The van der Waals surface area contributed by atoms with Crippen molar-refractivity contribution in [2.45, 2.75) is 38.8 Å². The molecule has 1 aromatic heterocycles. The molecule has 0 fully saturated rings. The van der Waals surface area contributed by atoms with Crippen LogP contribution in [0.4, 0.5) is 18.3 Å². The van der Waals surface area contributed by atoms with Crippen molar-refractivity contribution in [1.29, 1.82) is 5.26 Å². The number of methoxy groups -OCH3 is 1. The van der Waals surface area contributed by atoms with Gasteiger partial charge >= 0.3 is 6.18 Å². The summed E-state index contributed by atoms with van der Waals surface area (Å²) in [6, 6.07) is 10.1. The molecule has 0 aliphatic heterocycles. The Kier molecular flexibility index (Phi) is 10.2. The van der Waals surface area contributed by atoms with Crippen molar-refractivity contribution in [3.05, 3.63) is 74.8 Å². The minimum absolute atomic E-state index is 0.101. The molecule has 0 atom stereocenters. The van der Waals surface area contributed by atoms with Gasteiger partial charge in [-0.15, -0.1) is 11.3 Å². The van der Waals surface area contributed by atoms with Crippen LogP contribution in [0, 0.1) is 11.3 Å². The summed E-state index contributed by atoms with van der Waals surface area (Å²) in [7, 11) is 1.51. The van der Waals surface area contributed by atoms with Gasteiger partial charge in [-0.1, -0.05) is 37.4 Å². The Balaban J connectivity index is 1.70. The quantitative estimate of drug-likeness (QED) is 0.148. The van der Waals surface area contributed by atoms with Gasteiger partial charge < -0.3 is 9.47 Å². The summed E-state index contributed by atoms with van der Waals surface area (Å²) in [6.07, 6.45) is 1.53. The van der Waals surface area contributed by atoms with Crippen LogP contribution in [0.2, 0.25) is 5.02 Å². The fraction of sp³-hybridized carbons (Fsp3) is 0.296. The number of unbranched alkanes of at least 4 members (excludes halogenated alkanes) is 2. The van der Waals surface area contributed by atoms with Crippen molar-refractivity contribution in [2.24, 2.45) is 0 Å². The van der Waals surface area contributed by atoms with Gasteiger partial charge in [-0.05, 0) is 54.0 Å². The van der Waals surface area contributed by atoms with E-state index in [1.807, 2.05) is 6.07 Å². The van der Waals surface area contributed by atoms with Gasteiger partial charge in [-0.2, -0.15) is 18.4 Å². The summed E-state index contributed by atoms with van der Waals surface area (Å²) >= 11 is 7.16. The molecule has 2 aromatic carbocycles. The first-order valence-electron chi connectivity index (χ1n) is 11.7. The second-order valence-electron chi connectivity index (χ2n) is 8.20. The smallest absolute Gasteiger partial charge is 0.416 e. The minimum atomic E-state index is -4.49. The summed E-state index contributed by atoms with van der Waals surface area (Å²) in [5, 5.41) is 12.5. The van der Waals surface area contributed by atoms with Crippen LogP contribution in [0.3, 0.4) is 0 Å². The van der Waals surface area contributed by atoms with Crippen molar-refractivity contribution in [3.8, 4) is 17.6 Å². The first kappa shape index (κ1) is 29.0. The molecule has 0 spiro atoms. The van der Waals surface area contributed by atoms with Gasteiger partial charge in [0.05, 0.1) is 19.3 Å². The molecule has 0 unspecified atom stereocenters. The number of alkyl halides is 3. The molecule has 0 saturated heterocycles. The van der Waals surface area contributed by atoms with Gasteiger partial charge in [0.15, 0.2) is 16.6 Å². The molecule has 6 nitrogen and oxygen atoms in total. The largest absolute Gasteiger partial charge is 0.493 e. The first-order chi connectivity index (χ1) is 18.1. The van der Waals surface area contributed by atoms with Gasteiger partial charge in [0.1, 0.15) is 11.6 Å². The van der Waals surface area contributed by atoms with Crippen LogP contribution in [-0.4, -0.2) is 24.6 Å². The Hall–Kier alpha value is -3.55. The predicted molar refractivity (Wildman–Crippen MR) is 142 cm³/mol. The van der Waals surface area contributed by atoms with Crippen molar-refractivity contribution < 1.29 is 27.4 Å². The number of hydrogen-bond donors (Lipinski definition) is 1. The van der Waals surface area contributed by atoms with Gasteiger partial charge in [0, 0.05) is 22.5 Å². The van der Waals surface area contributed by atoms with Crippen LogP contribution in [0.1, 0.15) is 47.8 Å². The molecule has 0 saturated carbocycles. The lowest BCUT2D eigenvalue weighted by molar-refractivity contribution is -0.137. The number of aromatic nitrogens is 1. The van der Waals surface area contributed by atoms with Gasteiger partial charge in [-0.3, -0.25) is 10.1 Å². The molecule has 1 amide bonds. The highest BCUT2D eigenvalue weighted by atomic mass is 35.5. The van der Waals surface area contributed by atoms with E-state index in [0.717, 1.165) is 42.7 Å². The number of thiazole rings is 1. The number of halogens is 4. The third-order valence-electron chi connectivity index (χ3n) is 5.38. The summed E-state index contributed by atoms with van der Waals surface area (Å²) in [6.45, 7) is 2.66. The van der Waals surface area contributed by atoms with Crippen LogP contribution in [-0.2, 0) is 17.4 Å². The molecule has 3 aromatic rings. The monoisotopic (exact) mass is 563 g/mol. The Morgan fingerprint density at radius 2 is 2.00 bits per heavy atom. The second-order valence-corrected chi connectivity index (χ2v) is 9.72. The van der Waals surface area contributed by atoms with E-state index >= 15 is 0 Å². The van der Waals surface area contributed by atoms with E-state index in [1.165, 1.54) is 25.4 Å². The Bertz CT molecular complexity index is 1350. The number of carbonyl (C=O) groups excluding carboxylic acids is 1. The first-order valence-corrected chi connectivity index (χ1v) is 12.9. The summed E-state index contributed by atoms with van der Waals surface area (Å²) in [5.41, 5.74) is -0.117. The van der Waals surface area contributed by atoms with E-state index in [9.17, 15) is 23.2 Å². The van der Waals surface area contributed by atoms with Crippen LogP contribution < -0.4 is 14.8 Å². The van der Waals surface area contributed by atoms with E-state index in [2.05, 4.69) is 17.2 Å². The third kappa shape index (κ3) is 7.97. The molecule has 0 radical (unpaired) electrons. The Morgan fingerprint density at radius 3 is 2.68 bits per heavy atom. The Morgan fingerprint density at radius 1 is 1.21 bits per heavy atom. The average Bonchev–Trinajstić information content (AvgIpc) is 3.32. The molecule has 0 aliphatic carbocycles. The predicted octanol–water partition coefficient (Wildman–Crippen LogP) is 7.53. The summed E-state index contributed by atoms with van der Waals surface area (Å²) in [4.78, 5) is 17.4. The maximum absolute atomic E-state index is 13.0.